The van der Waals surface area contributed by atoms with Gasteiger partial charge in [0.05, 0.1) is 23.8 Å². The van der Waals surface area contributed by atoms with Crippen molar-refractivity contribution in [3.8, 4) is 17.0 Å². The molecular weight excluding hydrogens is 402 g/mol. The van der Waals surface area contributed by atoms with Crippen LogP contribution in [0.1, 0.15) is 40.0 Å². The summed E-state index contributed by atoms with van der Waals surface area (Å²) < 4.78 is 11.1. The zero-order chi connectivity index (χ0) is 21.8. The summed E-state index contributed by atoms with van der Waals surface area (Å²) >= 11 is 0. The van der Waals surface area contributed by atoms with Gasteiger partial charge in [-0.2, -0.15) is 0 Å². The van der Waals surface area contributed by atoms with Gasteiger partial charge in [0.15, 0.2) is 12.0 Å². The molecular formula is C22H21N3O6. The van der Waals surface area contributed by atoms with E-state index in [1.165, 1.54) is 25.4 Å². The predicted molar refractivity (Wildman–Crippen MR) is 111 cm³/mol. The van der Waals surface area contributed by atoms with E-state index in [4.69, 9.17) is 19.4 Å². The van der Waals surface area contributed by atoms with E-state index in [1.807, 2.05) is 0 Å². The molecule has 1 aliphatic rings. The molecule has 9 heteroatoms. The van der Waals surface area contributed by atoms with Gasteiger partial charge in [-0.15, -0.1) is 0 Å². The Bertz CT molecular complexity index is 1110. The number of carboxylic acid groups (broad SMARTS) is 1. The molecule has 1 saturated heterocycles. The van der Waals surface area contributed by atoms with Crippen LogP contribution in [0.5, 0.6) is 5.75 Å². The fourth-order valence-electron chi connectivity index (χ4n) is 3.45. The molecule has 31 heavy (non-hydrogen) atoms. The lowest BCUT2D eigenvalue weighted by Gasteiger charge is -2.22. The Morgan fingerprint density at radius 2 is 2.00 bits per heavy atom. The Hall–Kier alpha value is -3.56. The summed E-state index contributed by atoms with van der Waals surface area (Å²) in [6.07, 6.45) is 5.23. The van der Waals surface area contributed by atoms with E-state index in [2.05, 4.69) is 15.4 Å². The summed E-state index contributed by atoms with van der Waals surface area (Å²) in [6.45, 7) is 0.586. The average Bonchev–Trinajstić information content (AvgIpc) is 2.82. The first-order chi connectivity index (χ1) is 15.1. The van der Waals surface area contributed by atoms with E-state index in [9.17, 15) is 9.59 Å². The number of carbonyl (C=O) groups excluding carboxylic acids is 1. The number of hydrogen-bond donors (Lipinski definition) is 2. The fraction of sp³-hybridized carbons (Fsp3) is 0.273. The number of aromatic carboxylic acids is 1. The summed E-state index contributed by atoms with van der Waals surface area (Å²) in [5.74, 6) is -1.32. The number of methoxy groups -OCH3 is 1. The highest BCUT2D eigenvalue weighted by atomic mass is 16.8. The van der Waals surface area contributed by atoms with Gasteiger partial charge in [0.1, 0.15) is 5.69 Å². The van der Waals surface area contributed by atoms with Gasteiger partial charge in [0.25, 0.3) is 5.91 Å². The summed E-state index contributed by atoms with van der Waals surface area (Å²) in [5.41, 5.74) is 4.36. The SMILES string of the molecule is COc1c(-c2ccc(C(=O)O)cc2)nc2ccncc2c1C(=O)NOC1CCCCO1. The number of hydroxylamine groups is 1. The van der Waals surface area contributed by atoms with Crippen LogP contribution in [0.2, 0.25) is 0 Å². The predicted octanol–water partition coefficient (Wildman–Crippen LogP) is 3.19. The fourth-order valence-corrected chi connectivity index (χ4v) is 3.45. The van der Waals surface area contributed by atoms with Crippen LogP contribution in [0.15, 0.2) is 42.7 Å². The van der Waals surface area contributed by atoms with Crippen LogP contribution in [0.4, 0.5) is 0 Å². The molecule has 1 amide bonds. The molecule has 0 spiro atoms. The Morgan fingerprint density at radius 1 is 1.19 bits per heavy atom. The van der Waals surface area contributed by atoms with E-state index >= 15 is 0 Å². The van der Waals surface area contributed by atoms with Gasteiger partial charge in [0.2, 0.25) is 0 Å². The highest BCUT2D eigenvalue weighted by molar-refractivity contribution is 6.09. The smallest absolute Gasteiger partial charge is 0.335 e. The number of nitrogens with one attached hydrogen (secondary N) is 1. The number of hydrogen-bond acceptors (Lipinski definition) is 7. The molecule has 1 aliphatic heterocycles. The van der Waals surface area contributed by atoms with E-state index in [-0.39, 0.29) is 16.9 Å². The van der Waals surface area contributed by atoms with Gasteiger partial charge in [-0.25, -0.2) is 20.1 Å². The number of amides is 1. The normalized spacial score (nSPS) is 16.1. The number of nitrogens with zero attached hydrogens (tertiary/aromatic N) is 2. The number of carboxylic acids is 1. The molecule has 1 fully saturated rings. The van der Waals surface area contributed by atoms with Gasteiger partial charge in [0, 0.05) is 36.4 Å². The molecule has 4 rings (SSSR count). The number of rotatable bonds is 6. The van der Waals surface area contributed by atoms with Crippen LogP contribution in [-0.4, -0.2) is 47.0 Å². The van der Waals surface area contributed by atoms with Crippen LogP contribution in [0.25, 0.3) is 22.2 Å². The number of fused-ring (bicyclic) bond motifs is 1. The van der Waals surface area contributed by atoms with Crippen molar-refractivity contribution in [1.82, 2.24) is 15.4 Å². The Kier molecular flexibility index (Phi) is 6.06. The van der Waals surface area contributed by atoms with Gasteiger partial charge in [-0.1, -0.05) is 12.1 Å². The maximum absolute atomic E-state index is 13.1. The van der Waals surface area contributed by atoms with Crippen molar-refractivity contribution >= 4 is 22.8 Å². The molecule has 0 radical (unpaired) electrons. The Balaban J connectivity index is 1.75. The largest absolute Gasteiger partial charge is 0.494 e. The van der Waals surface area contributed by atoms with Crippen molar-refractivity contribution in [2.45, 2.75) is 25.6 Å². The molecule has 160 valence electrons. The van der Waals surface area contributed by atoms with Crippen molar-refractivity contribution in [3.05, 3.63) is 53.9 Å². The highest BCUT2D eigenvalue weighted by Gasteiger charge is 2.24. The number of aromatic nitrogens is 2. The summed E-state index contributed by atoms with van der Waals surface area (Å²) in [6, 6.07) is 7.87. The minimum Gasteiger partial charge on any atom is -0.494 e. The van der Waals surface area contributed by atoms with Gasteiger partial charge < -0.3 is 14.6 Å². The molecule has 0 bridgehead atoms. The third-order valence-electron chi connectivity index (χ3n) is 5.00. The molecule has 3 aromatic rings. The molecule has 9 nitrogen and oxygen atoms in total. The lowest BCUT2D eigenvalue weighted by Crippen LogP contribution is -2.33. The molecule has 0 saturated carbocycles. The third kappa shape index (κ3) is 4.32. The van der Waals surface area contributed by atoms with Crippen LogP contribution < -0.4 is 10.2 Å². The lowest BCUT2D eigenvalue weighted by atomic mass is 10.0. The molecule has 1 atom stereocenters. The highest BCUT2D eigenvalue weighted by Crippen LogP contribution is 2.36. The summed E-state index contributed by atoms with van der Waals surface area (Å²) in [5, 5.41) is 9.64. The van der Waals surface area contributed by atoms with Crippen LogP contribution in [-0.2, 0) is 9.57 Å². The quantitative estimate of drug-likeness (QED) is 0.580. The zero-order valence-corrected chi connectivity index (χ0v) is 16.8. The first kappa shape index (κ1) is 20.7. The second-order valence-corrected chi connectivity index (χ2v) is 6.99. The average molecular weight is 423 g/mol. The summed E-state index contributed by atoms with van der Waals surface area (Å²) in [7, 11) is 1.44. The first-order valence-electron chi connectivity index (χ1n) is 9.81. The molecule has 1 aromatic carbocycles. The van der Waals surface area contributed by atoms with Gasteiger partial charge >= 0.3 is 5.97 Å². The lowest BCUT2D eigenvalue weighted by molar-refractivity contribution is -0.186. The van der Waals surface area contributed by atoms with E-state index in [0.29, 0.717) is 35.2 Å². The zero-order valence-electron chi connectivity index (χ0n) is 16.8. The number of pyridine rings is 2. The van der Waals surface area contributed by atoms with E-state index in [1.54, 1.807) is 24.4 Å². The van der Waals surface area contributed by atoms with Crippen LogP contribution >= 0.6 is 0 Å². The molecule has 0 aliphatic carbocycles. The standard InChI is InChI=1S/C22H21N3O6/c1-29-20-18(21(26)25-31-17-4-2-3-11-30-17)15-12-23-10-9-16(15)24-19(20)13-5-7-14(8-6-13)22(27)28/h5-10,12,17H,2-4,11H2,1H3,(H,25,26)(H,27,28). The topological polar surface area (TPSA) is 120 Å². The van der Waals surface area contributed by atoms with Crippen LogP contribution in [0.3, 0.4) is 0 Å². The first-order valence-corrected chi connectivity index (χ1v) is 9.81. The maximum Gasteiger partial charge on any atom is 0.335 e. The number of ether oxygens (including phenoxy) is 2. The van der Waals surface area contributed by atoms with Crippen LogP contribution in [0, 0.1) is 0 Å². The van der Waals surface area contributed by atoms with E-state index < -0.39 is 18.2 Å². The minimum atomic E-state index is -1.03. The number of benzene rings is 1. The molecule has 1 unspecified atom stereocenters. The maximum atomic E-state index is 13.1. The van der Waals surface area contributed by atoms with Crippen molar-refractivity contribution in [1.29, 1.82) is 0 Å². The Labute approximate surface area is 177 Å². The monoisotopic (exact) mass is 423 g/mol. The molecule has 2 aromatic heterocycles. The van der Waals surface area contributed by atoms with Gasteiger partial charge in [-0.3, -0.25) is 9.78 Å². The second-order valence-electron chi connectivity index (χ2n) is 6.99. The molecule has 3 heterocycles. The number of carbonyl (C=O) groups is 2. The van der Waals surface area contributed by atoms with Gasteiger partial charge in [-0.05, 0) is 31.0 Å². The third-order valence-corrected chi connectivity index (χ3v) is 5.00. The van der Waals surface area contributed by atoms with Crippen molar-refractivity contribution in [3.63, 3.8) is 0 Å². The minimum absolute atomic E-state index is 0.145. The molecule has 2 N–H and O–H groups in total. The Morgan fingerprint density at radius 3 is 2.68 bits per heavy atom. The second kappa shape index (κ2) is 9.07. The van der Waals surface area contributed by atoms with Crippen molar-refractivity contribution in [2.24, 2.45) is 0 Å². The van der Waals surface area contributed by atoms with E-state index in [0.717, 1.165) is 12.8 Å². The van der Waals surface area contributed by atoms with Crippen molar-refractivity contribution in [2.75, 3.05) is 13.7 Å². The summed E-state index contributed by atoms with van der Waals surface area (Å²) in [4.78, 5) is 38.5. The van der Waals surface area contributed by atoms with Crippen molar-refractivity contribution < 1.29 is 29.0 Å².